The third-order valence-corrected chi connectivity index (χ3v) is 7.34. The third kappa shape index (κ3) is 4.78. The van der Waals surface area contributed by atoms with Crippen molar-refractivity contribution in [1.82, 2.24) is 15.2 Å². The van der Waals surface area contributed by atoms with Gasteiger partial charge in [0.15, 0.2) is 5.96 Å². The summed E-state index contributed by atoms with van der Waals surface area (Å²) in [5.74, 6) is 0.378. The van der Waals surface area contributed by atoms with Gasteiger partial charge in [-0.25, -0.2) is 4.99 Å². The molecular weight excluding hydrogens is 478 g/mol. The van der Waals surface area contributed by atoms with Crippen molar-refractivity contribution in [3.05, 3.63) is 58.9 Å². The molecule has 1 aliphatic carbocycles. The number of aromatic nitrogens is 1. The fourth-order valence-electron chi connectivity index (χ4n) is 5.54. The zero-order chi connectivity index (χ0) is 25.8. The molecule has 3 N–H and O–H groups in total. The summed E-state index contributed by atoms with van der Waals surface area (Å²) in [6.07, 6.45) is 4.74. The fraction of sp³-hybridized carbons (Fsp3) is 0.481. The van der Waals surface area contributed by atoms with Gasteiger partial charge in [0.2, 0.25) is 11.8 Å². The first-order chi connectivity index (χ1) is 16.9. The van der Waals surface area contributed by atoms with Gasteiger partial charge in [-0.05, 0) is 57.7 Å². The van der Waals surface area contributed by atoms with E-state index in [9.17, 15) is 9.59 Å². The maximum absolute atomic E-state index is 13.5. The van der Waals surface area contributed by atoms with Gasteiger partial charge in [-0.1, -0.05) is 29.8 Å². The van der Waals surface area contributed by atoms with Crippen LogP contribution in [0.3, 0.4) is 0 Å². The Morgan fingerprint density at radius 1 is 1.25 bits per heavy atom. The first-order valence-electron chi connectivity index (χ1n) is 12.3. The van der Waals surface area contributed by atoms with Crippen LogP contribution in [0.1, 0.15) is 70.2 Å². The maximum Gasteiger partial charge on any atom is 0.232 e. The molecule has 1 aromatic heterocycles. The van der Waals surface area contributed by atoms with E-state index in [4.69, 9.17) is 22.1 Å². The van der Waals surface area contributed by atoms with Crippen LogP contribution in [0.4, 0.5) is 0 Å². The van der Waals surface area contributed by atoms with Crippen molar-refractivity contribution < 1.29 is 14.3 Å². The van der Waals surface area contributed by atoms with Crippen molar-refractivity contribution in [3.63, 3.8) is 0 Å². The minimum absolute atomic E-state index is 0.0437. The van der Waals surface area contributed by atoms with Crippen molar-refractivity contribution in [2.45, 2.75) is 70.2 Å². The first kappa shape index (κ1) is 24.6. The highest BCUT2D eigenvalue weighted by molar-refractivity contribution is 6.30. The first-order valence-corrected chi connectivity index (χ1v) is 12.7. The summed E-state index contributed by atoms with van der Waals surface area (Å²) >= 11 is 6.25. The van der Waals surface area contributed by atoms with Crippen molar-refractivity contribution in [3.8, 4) is 5.75 Å². The lowest BCUT2D eigenvalue weighted by atomic mass is 9.89. The lowest BCUT2D eigenvalue weighted by Crippen LogP contribution is -2.52. The number of nitrogens with two attached hydrogens (primary N) is 1. The Bertz CT molecular complexity index is 1240. The number of hydrogen-bond donors (Lipinski definition) is 2. The van der Waals surface area contributed by atoms with E-state index in [0.29, 0.717) is 17.9 Å². The molecule has 0 spiro atoms. The molecule has 0 radical (unpaired) electrons. The summed E-state index contributed by atoms with van der Waals surface area (Å²) in [6.45, 7) is 7.81. The number of carbonyl (C=O) groups excluding carboxylic acids is 2. The van der Waals surface area contributed by atoms with Gasteiger partial charge in [0.25, 0.3) is 0 Å². The van der Waals surface area contributed by atoms with Crippen LogP contribution in [-0.4, -0.2) is 38.8 Å². The second-order valence-corrected chi connectivity index (χ2v) is 11.7. The number of guanidine groups is 1. The monoisotopic (exact) mass is 509 g/mol. The Morgan fingerprint density at radius 3 is 2.72 bits per heavy atom. The number of amides is 2. The molecule has 9 heteroatoms. The third-order valence-electron chi connectivity index (χ3n) is 7.14. The molecule has 36 heavy (non-hydrogen) atoms. The molecule has 3 heterocycles. The minimum Gasteiger partial charge on any atom is -0.487 e. The number of ether oxygens (including phenoxy) is 1. The van der Waals surface area contributed by atoms with Crippen LogP contribution < -0.4 is 15.8 Å². The highest BCUT2D eigenvalue weighted by Crippen LogP contribution is 2.52. The number of nitrogens with zero attached hydrogens (tertiary/aromatic N) is 3. The predicted octanol–water partition coefficient (Wildman–Crippen LogP) is 4.16. The van der Waals surface area contributed by atoms with E-state index in [1.165, 1.54) is 4.90 Å². The number of benzene rings is 1. The van der Waals surface area contributed by atoms with E-state index in [2.05, 4.69) is 15.3 Å². The normalized spacial score (nSPS) is 26.8. The average Bonchev–Trinajstić information content (AvgIpc) is 3.55. The molecule has 1 saturated carbocycles. The number of para-hydroxylation sites is 1. The Labute approximate surface area is 216 Å². The summed E-state index contributed by atoms with van der Waals surface area (Å²) in [5.41, 5.74) is 7.07. The van der Waals surface area contributed by atoms with Crippen LogP contribution in [-0.2, 0) is 9.59 Å². The summed E-state index contributed by atoms with van der Waals surface area (Å²) < 4.78 is 6.11. The van der Waals surface area contributed by atoms with E-state index in [1.807, 2.05) is 52.0 Å². The summed E-state index contributed by atoms with van der Waals surface area (Å²) in [6, 6.07) is 8.96. The predicted molar refractivity (Wildman–Crippen MR) is 137 cm³/mol. The smallest absolute Gasteiger partial charge is 0.232 e. The maximum atomic E-state index is 13.5. The summed E-state index contributed by atoms with van der Waals surface area (Å²) in [4.78, 5) is 37.1. The van der Waals surface area contributed by atoms with Crippen molar-refractivity contribution in [2.24, 2.45) is 22.6 Å². The number of hydrogen-bond acceptors (Lipinski definition) is 6. The number of pyridine rings is 1. The zero-order valence-electron chi connectivity index (χ0n) is 21.0. The molecule has 190 valence electrons. The van der Waals surface area contributed by atoms with Crippen molar-refractivity contribution in [1.29, 1.82) is 0 Å². The van der Waals surface area contributed by atoms with Gasteiger partial charge in [-0.2, -0.15) is 0 Å². The van der Waals surface area contributed by atoms with Gasteiger partial charge < -0.3 is 15.8 Å². The standard InChI is InChI=1S/C27H32ClN5O3/c1-26(2)12-22(34)33(25(29)32-26)23(15-9-16(28)14-30-13-15)18-10-19(18)24(35)31-20-11-27(3,4)36-21-8-6-5-7-17(20)21/h5-9,13-14,18-20,23H,10-12H2,1-4H3,(H2,29,32)(H,31,35)/t18-,19-,20-,23-/m0/s1. The lowest BCUT2D eigenvalue weighted by Gasteiger charge is -2.38. The van der Waals surface area contributed by atoms with Gasteiger partial charge in [0, 0.05) is 30.3 Å². The number of halogens is 1. The van der Waals surface area contributed by atoms with Crippen LogP contribution in [0.15, 0.2) is 47.7 Å². The SMILES string of the molecule is CC1(C)CC(=O)N([C@@H](c2cncc(Cl)c2)[C@H]2C[C@@H]2C(=O)N[C@H]2CC(C)(C)Oc3ccccc32)C(N)=N1. The van der Waals surface area contributed by atoms with Gasteiger partial charge in [0.05, 0.1) is 29.1 Å². The van der Waals surface area contributed by atoms with Crippen LogP contribution in [0, 0.1) is 11.8 Å². The molecule has 2 aromatic rings. The van der Waals surface area contributed by atoms with Gasteiger partial charge >= 0.3 is 0 Å². The number of aliphatic imine (C=N–C) groups is 1. The topological polar surface area (TPSA) is 110 Å². The Balaban J connectivity index is 1.41. The van der Waals surface area contributed by atoms with Crippen LogP contribution in [0.5, 0.6) is 5.75 Å². The van der Waals surface area contributed by atoms with Gasteiger partial charge in [-0.15, -0.1) is 0 Å². The quantitative estimate of drug-likeness (QED) is 0.629. The molecule has 8 nitrogen and oxygen atoms in total. The molecule has 2 amide bonds. The van der Waals surface area contributed by atoms with Crippen molar-refractivity contribution >= 4 is 29.4 Å². The van der Waals surface area contributed by atoms with E-state index >= 15 is 0 Å². The van der Waals surface area contributed by atoms with Crippen molar-refractivity contribution in [2.75, 3.05) is 0 Å². The van der Waals surface area contributed by atoms with Crippen LogP contribution >= 0.6 is 11.6 Å². The van der Waals surface area contributed by atoms with E-state index in [0.717, 1.165) is 16.9 Å². The summed E-state index contributed by atoms with van der Waals surface area (Å²) in [5, 5.41) is 3.71. The Morgan fingerprint density at radius 2 is 2.00 bits per heavy atom. The van der Waals surface area contributed by atoms with E-state index in [-0.39, 0.29) is 42.1 Å². The fourth-order valence-corrected chi connectivity index (χ4v) is 5.72. The molecule has 1 aromatic carbocycles. The highest BCUT2D eigenvalue weighted by atomic mass is 35.5. The second-order valence-electron chi connectivity index (χ2n) is 11.3. The molecule has 3 aliphatic rings. The average molecular weight is 510 g/mol. The number of nitrogens with one attached hydrogen (secondary N) is 1. The Kier molecular flexibility index (Phi) is 5.98. The molecule has 5 rings (SSSR count). The summed E-state index contributed by atoms with van der Waals surface area (Å²) in [7, 11) is 0. The molecule has 4 atom stereocenters. The lowest BCUT2D eigenvalue weighted by molar-refractivity contribution is -0.132. The van der Waals surface area contributed by atoms with Crippen LogP contribution in [0.2, 0.25) is 5.02 Å². The Hall–Kier alpha value is -3.13. The molecule has 0 saturated heterocycles. The zero-order valence-corrected chi connectivity index (χ0v) is 21.7. The molecular formula is C27H32ClN5O3. The second kappa shape index (κ2) is 8.76. The molecule has 0 unspecified atom stereocenters. The van der Waals surface area contributed by atoms with Gasteiger partial charge in [-0.3, -0.25) is 19.5 Å². The van der Waals surface area contributed by atoms with Gasteiger partial charge in [0.1, 0.15) is 11.4 Å². The molecule has 1 fully saturated rings. The van der Waals surface area contributed by atoms with E-state index < -0.39 is 17.2 Å². The molecule has 0 bridgehead atoms. The number of fused-ring (bicyclic) bond motifs is 1. The minimum atomic E-state index is -0.571. The largest absolute Gasteiger partial charge is 0.487 e. The van der Waals surface area contributed by atoms with Crippen LogP contribution in [0.25, 0.3) is 0 Å². The van der Waals surface area contributed by atoms with E-state index in [1.54, 1.807) is 18.5 Å². The highest BCUT2D eigenvalue weighted by Gasteiger charge is 2.53. The number of carbonyl (C=O) groups is 2. The molecule has 2 aliphatic heterocycles. The number of rotatable bonds is 5.